The Bertz CT molecular complexity index is 812. The number of carbonyl (C=O) groups excluding carboxylic acids is 2. The van der Waals surface area contributed by atoms with Gasteiger partial charge < -0.3 is 4.74 Å². The van der Waals surface area contributed by atoms with Gasteiger partial charge in [-0.15, -0.1) is 0 Å². The van der Waals surface area contributed by atoms with Gasteiger partial charge >= 0.3 is 0 Å². The van der Waals surface area contributed by atoms with Gasteiger partial charge in [0.15, 0.2) is 0 Å². The lowest BCUT2D eigenvalue weighted by Gasteiger charge is -2.08. The van der Waals surface area contributed by atoms with Gasteiger partial charge in [0.05, 0.1) is 11.5 Å². The van der Waals surface area contributed by atoms with Crippen LogP contribution in [0, 0.1) is 10.1 Å². The summed E-state index contributed by atoms with van der Waals surface area (Å²) >= 11 is 3.34. The molecule has 0 bridgehead atoms. The Kier molecular flexibility index (Phi) is 7.10. The lowest BCUT2D eigenvalue weighted by atomic mass is 10.2. The van der Waals surface area contributed by atoms with Crippen LogP contribution in [0.15, 0.2) is 53.0 Å². The van der Waals surface area contributed by atoms with Crippen molar-refractivity contribution < 1.29 is 19.2 Å². The molecular weight excluding hydrogens is 406 g/mol. The molecule has 0 unspecified atom stereocenters. The maximum Gasteiger partial charge on any atom is 0.270 e. The number of amides is 2. The summed E-state index contributed by atoms with van der Waals surface area (Å²) in [6.45, 7) is 0.350. The van der Waals surface area contributed by atoms with Crippen molar-refractivity contribution in [1.82, 2.24) is 10.9 Å². The van der Waals surface area contributed by atoms with Crippen molar-refractivity contribution in [3.63, 3.8) is 0 Å². The highest BCUT2D eigenvalue weighted by Gasteiger charge is 2.12. The van der Waals surface area contributed by atoms with Gasteiger partial charge in [0.25, 0.3) is 11.6 Å². The monoisotopic (exact) mass is 421 g/mol. The van der Waals surface area contributed by atoms with Gasteiger partial charge in [-0.3, -0.25) is 30.6 Å². The number of nitrogens with zero attached hydrogens (tertiary/aromatic N) is 1. The molecule has 0 saturated heterocycles. The van der Waals surface area contributed by atoms with E-state index in [1.807, 2.05) is 24.3 Å². The summed E-state index contributed by atoms with van der Waals surface area (Å²) in [6.07, 6.45) is 0.619. The Hall–Kier alpha value is -2.94. The van der Waals surface area contributed by atoms with Crippen LogP contribution in [0.1, 0.15) is 23.2 Å². The molecule has 136 valence electrons. The van der Waals surface area contributed by atoms with Gasteiger partial charge in [0.1, 0.15) is 5.75 Å². The van der Waals surface area contributed by atoms with E-state index < -0.39 is 10.8 Å². The van der Waals surface area contributed by atoms with Crippen LogP contribution in [0.25, 0.3) is 0 Å². The number of nitrogens with one attached hydrogen (secondary N) is 2. The van der Waals surface area contributed by atoms with E-state index >= 15 is 0 Å². The predicted octanol–water partition coefficient (Wildman–Crippen LogP) is 2.98. The minimum absolute atomic E-state index is 0.0810. The Morgan fingerprint density at radius 3 is 2.62 bits per heavy atom. The summed E-state index contributed by atoms with van der Waals surface area (Å²) in [5.41, 5.74) is 4.37. The Balaban J connectivity index is 1.70. The van der Waals surface area contributed by atoms with Crippen LogP contribution in [-0.2, 0) is 4.79 Å². The first-order chi connectivity index (χ1) is 12.5. The zero-order valence-electron chi connectivity index (χ0n) is 13.6. The summed E-state index contributed by atoms with van der Waals surface area (Å²) in [5, 5.41) is 10.7. The molecule has 0 aliphatic heterocycles. The number of nitro groups is 1. The summed E-state index contributed by atoms with van der Waals surface area (Å²) in [5.74, 6) is -0.326. The highest BCUT2D eigenvalue weighted by molar-refractivity contribution is 9.10. The van der Waals surface area contributed by atoms with Crippen molar-refractivity contribution in [3.05, 3.63) is 68.7 Å². The van der Waals surface area contributed by atoms with Crippen molar-refractivity contribution in [2.45, 2.75) is 12.8 Å². The van der Waals surface area contributed by atoms with Crippen LogP contribution in [0.4, 0.5) is 5.69 Å². The van der Waals surface area contributed by atoms with Crippen LogP contribution in [0.3, 0.4) is 0 Å². The van der Waals surface area contributed by atoms with Crippen LogP contribution < -0.4 is 15.6 Å². The van der Waals surface area contributed by atoms with Gasteiger partial charge in [-0.25, -0.2) is 0 Å². The van der Waals surface area contributed by atoms with E-state index in [0.717, 1.165) is 10.5 Å². The number of non-ortho nitro benzene ring substituents is 1. The van der Waals surface area contributed by atoms with Gasteiger partial charge in [-0.2, -0.15) is 0 Å². The largest absolute Gasteiger partial charge is 0.494 e. The number of hydrazine groups is 1. The van der Waals surface area contributed by atoms with Gasteiger partial charge in [0, 0.05) is 28.6 Å². The van der Waals surface area contributed by atoms with Crippen LogP contribution in [-0.4, -0.2) is 23.3 Å². The summed E-state index contributed by atoms with van der Waals surface area (Å²) in [6, 6.07) is 12.6. The smallest absolute Gasteiger partial charge is 0.270 e. The quantitative estimate of drug-likeness (QED) is 0.405. The van der Waals surface area contributed by atoms with Gasteiger partial charge in [-0.05, 0) is 30.7 Å². The van der Waals surface area contributed by atoms with Gasteiger partial charge in [0.2, 0.25) is 5.91 Å². The van der Waals surface area contributed by atoms with Crippen molar-refractivity contribution in [2.75, 3.05) is 6.61 Å². The van der Waals surface area contributed by atoms with Crippen LogP contribution >= 0.6 is 15.9 Å². The standard InChI is InChI=1S/C17H16BrN3O5/c18-13-5-2-7-15(11-13)26-9-3-8-16(22)19-20-17(23)12-4-1-6-14(10-12)21(24)25/h1-2,4-7,10-11H,3,8-9H2,(H,19,22)(H,20,23). The number of rotatable bonds is 7. The van der Waals surface area contributed by atoms with Crippen molar-refractivity contribution in [3.8, 4) is 5.75 Å². The lowest BCUT2D eigenvalue weighted by molar-refractivity contribution is -0.384. The molecule has 2 aromatic rings. The molecule has 26 heavy (non-hydrogen) atoms. The first-order valence-electron chi connectivity index (χ1n) is 7.68. The fraction of sp³-hybridized carbons (Fsp3) is 0.176. The van der Waals surface area contributed by atoms with E-state index in [2.05, 4.69) is 26.8 Å². The molecule has 0 heterocycles. The molecule has 2 rings (SSSR count). The first-order valence-corrected chi connectivity index (χ1v) is 8.47. The number of ether oxygens (including phenoxy) is 1. The van der Waals surface area contributed by atoms with E-state index in [1.165, 1.54) is 18.2 Å². The number of benzene rings is 2. The van der Waals surface area contributed by atoms with E-state index in [4.69, 9.17) is 4.74 Å². The van der Waals surface area contributed by atoms with E-state index in [9.17, 15) is 19.7 Å². The maximum absolute atomic E-state index is 11.9. The predicted molar refractivity (Wildman–Crippen MR) is 97.6 cm³/mol. The number of hydrogen-bond donors (Lipinski definition) is 2. The Labute approximate surface area is 157 Å². The van der Waals surface area contributed by atoms with Crippen molar-refractivity contribution >= 4 is 33.4 Å². The number of hydrogen-bond acceptors (Lipinski definition) is 5. The molecule has 2 aromatic carbocycles. The molecule has 0 spiro atoms. The fourth-order valence-corrected chi connectivity index (χ4v) is 2.38. The second-order valence-electron chi connectivity index (χ2n) is 5.22. The molecule has 0 aliphatic carbocycles. The molecule has 8 nitrogen and oxygen atoms in total. The van der Waals surface area contributed by atoms with E-state index in [-0.39, 0.29) is 23.6 Å². The second-order valence-corrected chi connectivity index (χ2v) is 6.13. The first kappa shape index (κ1) is 19.4. The minimum Gasteiger partial charge on any atom is -0.494 e. The summed E-state index contributed by atoms with van der Waals surface area (Å²) < 4.78 is 6.41. The van der Waals surface area contributed by atoms with E-state index in [1.54, 1.807) is 0 Å². The molecule has 0 fully saturated rings. The van der Waals surface area contributed by atoms with Crippen LogP contribution in [0.5, 0.6) is 5.75 Å². The third-order valence-electron chi connectivity index (χ3n) is 3.25. The third kappa shape index (κ3) is 6.17. The third-order valence-corrected chi connectivity index (χ3v) is 3.74. The molecule has 0 aliphatic rings. The molecule has 0 aromatic heterocycles. The number of nitro benzene ring substituents is 1. The van der Waals surface area contributed by atoms with Crippen molar-refractivity contribution in [1.29, 1.82) is 0 Å². The molecule has 9 heteroatoms. The maximum atomic E-state index is 11.9. The molecular formula is C17H16BrN3O5. The normalized spacial score (nSPS) is 10.0. The molecule has 0 saturated carbocycles. The molecule has 0 atom stereocenters. The minimum atomic E-state index is -0.632. The Morgan fingerprint density at radius 2 is 1.88 bits per heavy atom. The number of halogens is 1. The molecule has 2 amide bonds. The van der Waals surface area contributed by atoms with Crippen LogP contribution in [0.2, 0.25) is 0 Å². The highest BCUT2D eigenvalue weighted by atomic mass is 79.9. The topological polar surface area (TPSA) is 111 Å². The van der Waals surface area contributed by atoms with E-state index in [0.29, 0.717) is 18.8 Å². The zero-order valence-corrected chi connectivity index (χ0v) is 15.2. The van der Waals surface area contributed by atoms with Gasteiger partial charge in [-0.1, -0.05) is 28.1 Å². The lowest BCUT2D eigenvalue weighted by Crippen LogP contribution is -2.41. The molecule has 2 N–H and O–H groups in total. The number of carbonyl (C=O) groups is 2. The SMILES string of the molecule is O=C(CCCOc1cccc(Br)c1)NNC(=O)c1cccc([N+](=O)[O-])c1. The zero-order chi connectivity index (χ0) is 18.9. The summed E-state index contributed by atoms with van der Waals surface area (Å²) in [7, 11) is 0. The molecule has 0 radical (unpaired) electrons. The Morgan fingerprint density at radius 1 is 1.12 bits per heavy atom. The summed E-state index contributed by atoms with van der Waals surface area (Å²) in [4.78, 5) is 33.7. The average Bonchev–Trinajstić information content (AvgIpc) is 2.63. The average molecular weight is 422 g/mol. The fourth-order valence-electron chi connectivity index (χ4n) is 2.00. The highest BCUT2D eigenvalue weighted by Crippen LogP contribution is 2.17. The van der Waals surface area contributed by atoms with Crippen molar-refractivity contribution in [2.24, 2.45) is 0 Å². The second kappa shape index (κ2) is 9.52.